The quantitative estimate of drug-likeness (QED) is 0.353. The van der Waals surface area contributed by atoms with Crippen LogP contribution in [0.3, 0.4) is 0 Å². The van der Waals surface area contributed by atoms with Crippen LogP contribution in [0.4, 0.5) is 0 Å². The van der Waals surface area contributed by atoms with E-state index < -0.39 is 0 Å². The minimum absolute atomic E-state index is 0.150. The Balaban J connectivity index is 1.52. The Kier molecular flexibility index (Phi) is 8.22. The molecular weight excluding hydrogens is 490 g/mol. The van der Waals surface area contributed by atoms with Crippen molar-refractivity contribution in [3.05, 3.63) is 81.2 Å². The number of ether oxygens (including phenoxy) is 3. The molecule has 0 unspecified atom stereocenters. The summed E-state index contributed by atoms with van der Waals surface area (Å²) >= 11 is 0. The van der Waals surface area contributed by atoms with E-state index in [0.717, 1.165) is 72.3 Å². The zero-order chi connectivity index (χ0) is 27.5. The molecule has 5 rings (SSSR count). The zero-order valence-corrected chi connectivity index (χ0v) is 23.6. The molecule has 0 spiro atoms. The molecule has 6 heteroatoms. The number of carbonyl (C=O) groups is 2. The van der Waals surface area contributed by atoms with Crippen molar-refractivity contribution in [2.24, 2.45) is 0 Å². The predicted octanol–water partition coefficient (Wildman–Crippen LogP) is 6.34. The van der Waals surface area contributed by atoms with Gasteiger partial charge in [-0.15, -0.1) is 0 Å². The second-order valence-electron chi connectivity index (χ2n) is 10.8. The van der Waals surface area contributed by atoms with E-state index in [1.54, 1.807) is 14.2 Å². The van der Waals surface area contributed by atoms with Gasteiger partial charge in [0, 0.05) is 61.6 Å². The molecule has 0 saturated heterocycles. The summed E-state index contributed by atoms with van der Waals surface area (Å²) < 4.78 is 17.3. The van der Waals surface area contributed by atoms with Crippen LogP contribution in [-0.2, 0) is 20.9 Å². The Morgan fingerprint density at radius 3 is 2.13 bits per heavy atom. The van der Waals surface area contributed by atoms with Gasteiger partial charge in [0.25, 0.3) is 0 Å². The van der Waals surface area contributed by atoms with E-state index in [1.165, 1.54) is 11.1 Å². The van der Waals surface area contributed by atoms with Crippen molar-refractivity contribution in [2.75, 3.05) is 27.4 Å². The van der Waals surface area contributed by atoms with E-state index in [0.29, 0.717) is 37.6 Å². The fourth-order valence-corrected chi connectivity index (χ4v) is 6.22. The third-order valence-electron chi connectivity index (χ3n) is 8.30. The molecule has 0 N–H and O–H groups in total. The van der Waals surface area contributed by atoms with Crippen LogP contribution in [0.15, 0.2) is 58.9 Å². The van der Waals surface area contributed by atoms with Gasteiger partial charge in [0.05, 0.1) is 7.11 Å². The maximum absolute atomic E-state index is 13.5. The lowest BCUT2D eigenvalue weighted by atomic mass is 9.71. The fourth-order valence-electron chi connectivity index (χ4n) is 6.22. The summed E-state index contributed by atoms with van der Waals surface area (Å²) in [7, 11) is 3.34. The lowest BCUT2D eigenvalue weighted by Crippen LogP contribution is -2.39. The molecule has 0 atom stereocenters. The van der Waals surface area contributed by atoms with Crippen molar-refractivity contribution in [1.82, 2.24) is 4.90 Å². The van der Waals surface area contributed by atoms with Crippen LogP contribution in [0.1, 0.15) is 73.1 Å². The summed E-state index contributed by atoms with van der Waals surface area (Å²) in [5, 5.41) is 0. The van der Waals surface area contributed by atoms with E-state index in [4.69, 9.17) is 14.2 Å². The van der Waals surface area contributed by atoms with Crippen molar-refractivity contribution < 1.29 is 23.8 Å². The van der Waals surface area contributed by atoms with Crippen molar-refractivity contribution in [3.8, 4) is 11.5 Å². The number of nitrogens with zero attached hydrogens (tertiary/aromatic N) is 1. The summed E-state index contributed by atoms with van der Waals surface area (Å²) in [5.74, 6) is 1.19. The minimum atomic E-state index is -0.364. The highest BCUT2D eigenvalue weighted by Gasteiger charge is 2.43. The summed E-state index contributed by atoms with van der Waals surface area (Å²) in [4.78, 5) is 29.3. The van der Waals surface area contributed by atoms with E-state index in [-0.39, 0.29) is 17.5 Å². The highest BCUT2D eigenvalue weighted by Crippen LogP contribution is 2.50. The minimum Gasteiger partial charge on any atom is -0.493 e. The van der Waals surface area contributed by atoms with Crippen LogP contribution in [0.2, 0.25) is 0 Å². The van der Waals surface area contributed by atoms with Gasteiger partial charge in [-0.25, -0.2) is 0 Å². The highest BCUT2D eigenvalue weighted by molar-refractivity contribution is 6.06. The Labute approximate surface area is 231 Å². The number of aryl methyl sites for hydroxylation is 2. The number of benzene rings is 2. The molecule has 0 saturated carbocycles. The predicted molar refractivity (Wildman–Crippen MR) is 151 cm³/mol. The molecule has 2 aromatic carbocycles. The number of methoxy groups -OCH3 is 2. The summed E-state index contributed by atoms with van der Waals surface area (Å²) in [6.45, 7) is 6.03. The molecule has 1 heterocycles. The van der Waals surface area contributed by atoms with Crippen LogP contribution in [0.25, 0.3) is 0 Å². The topological polar surface area (TPSA) is 65.1 Å². The van der Waals surface area contributed by atoms with Crippen LogP contribution < -0.4 is 9.47 Å². The second-order valence-corrected chi connectivity index (χ2v) is 10.8. The van der Waals surface area contributed by atoms with Gasteiger partial charge in [-0.2, -0.15) is 0 Å². The van der Waals surface area contributed by atoms with Gasteiger partial charge >= 0.3 is 0 Å². The number of hydrogen-bond donors (Lipinski definition) is 0. The van der Waals surface area contributed by atoms with Gasteiger partial charge in [-0.1, -0.05) is 24.3 Å². The van der Waals surface area contributed by atoms with E-state index >= 15 is 0 Å². The first-order valence-electron chi connectivity index (χ1n) is 14.1. The molecule has 39 heavy (non-hydrogen) atoms. The highest BCUT2D eigenvalue weighted by atomic mass is 16.5. The lowest BCUT2D eigenvalue weighted by Gasteiger charge is -2.44. The fraction of sp³-hybridized carbons (Fsp3) is 0.455. The molecular formula is C33H39NO5. The molecule has 0 fully saturated rings. The molecule has 6 nitrogen and oxygen atoms in total. The summed E-state index contributed by atoms with van der Waals surface area (Å²) in [6, 6.07) is 12.2. The van der Waals surface area contributed by atoms with Gasteiger partial charge < -0.3 is 19.1 Å². The van der Waals surface area contributed by atoms with Gasteiger partial charge in [0.2, 0.25) is 0 Å². The Morgan fingerprint density at radius 2 is 1.51 bits per heavy atom. The maximum atomic E-state index is 13.5. The molecule has 2 aliphatic carbocycles. The number of ketones is 2. The van der Waals surface area contributed by atoms with Crippen LogP contribution in [-0.4, -0.2) is 43.8 Å². The van der Waals surface area contributed by atoms with E-state index in [9.17, 15) is 9.59 Å². The average molecular weight is 530 g/mol. The van der Waals surface area contributed by atoms with Crippen molar-refractivity contribution in [1.29, 1.82) is 0 Å². The number of hydrogen-bond acceptors (Lipinski definition) is 6. The molecule has 0 aromatic heterocycles. The number of Topliss-reactive ketones (excluding diaryl/α,β-unsaturated/α-hetero) is 2. The van der Waals surface area contributed by atoms with Crippen molar-refractivity contribution in [2.45, 2.75) is 71.3 Å². The normalized spacial score (nSPS) is 17.9. The van der Waals surface area contributed by atoms with E-state index in [1.807, 2.05) is 18.2 Å². The number of rotatable bonds is 9. The maximum Gasteiger partial charge on any atom is 0.161 e. The largest absolute Gasteiger partial charge is 0.493 e. The van der Waals surface area contributed by atoms with Gasteiger partial charge in [0.15, 0.2) is 23.1 Å². The first kappa shape index (κ1) is 27.2. The van der Waals surface area contributed by atoms with Gasteiger partial charge in [0.1, 0.15) is 6.61 Å². The Morgan fingerprint density at radius 1 is 0.821 bits per heavy atom. The first-order chi connectivity index (χ1) is 18.9. The SMILES string of the molecule is COCCCN1C2=C(C(=O)CCC2)C(c2ccc(OCc3ccc(C)c(C)c3)c(OC)c2)C2=C1CCCC2=O. The third kappa shape index (κ3) is 5.40. The average Bonchev–Trinajstić information content (AvgIpc) is 2.94. The molecule has 1 aliphatic heterocycles. The zero-order valence-electron chi connectivity index (χ0n) is 23.6. The molecule has 0 bridgehead atoms. The Bertz CT molecular complexity index is 1290. The molecule has 3 aliphatic rings. The molecule has 0 amide bonds. The van der Waals surface area contributed by atoms with Crippen molar-refractivity contribution in [3.63, 3.8) is 0 Å². The Hall–Kier alpha value is -3.38. The van der Waals surface area contributed by atoms with Gasteiger partial charge in [-0.05, 0) is 80.3 Å². The second kappa shape index (κ2) is 11.8. The smallest absolute Gasteiger partial charge is 0.161 e. The van der Waals surface area contributed by atoms with Crippen LogP contribution >= 0.6 is 0 Å². The summed E-state index contributed by atoms with van der Waals surface area (Å²) in [5.41, 5.74) is 8.25. The third-order valence-corrected chi connectivity index (χ3v) is 8.30. The first-order valence-corrected chi connectivity index (χ1v) is 14.1. The molecule has 206 valence electrons. The molecule has 2 aromatic rings. The number of carbonyl (C=O) groups excluding carboxylic acids is 2. The number of allylic oxidation sites excluding steroid dienone is 4. The van der Waals surface area contributed by atoms with Crippen LogP contribution in [0.5, 0.6) is 11.5 Å². The standard InChI is InChI=1S/C33H39NO5/c1-21-12-13-23(18-22(21)2)20-39-29-15-14-24(19-30(29)38-4)31-32-25(8-5-10-27(32)35)34(16-7-17-37-3)26-9-6-11-28(36)33(26)31/h12-15,18-19,31H,5-11,16-17,20H2,1-4H3. The van der Waals surface area contributed by atoms with Crippen molar-refractivity contribution >= 4 is 11.6 Å². The molecule has 0 radical (unpaired) electrons. The van der Waals surface area contributed by atoms with Crippen LogP contribution in [0, 0.1) is 13.8 Å². The van der Waals surface area contributed by atoms with Gasteiger partial charge in [-0.3, -0.25) is 9.59 Å². The lowest BCUT2D eigenvalue weighted by molar-refractivity contribution is -0.117. The monoisotopic (exact) mass is 529 g/mol. The van der Waals surface area contributed by atoms with E-state index in [2.05, 4.69) is 36.9 Å². The summed E-state index contributed by atoms with van der Waals surface area (Å²) in [6.07, 6.45) is 5.27.